The Hall–Kier alpha value is -2.48. The Bertz CT molecular complexity index is 682. The van der Waals surface area contributed by atoms with Crippen molar-refractivity contribution in [2.24, 2.45) is 0 Å². The summed E-state index contributed by atoms with van der Waals surface area (Å²) in [5, 5.41) is 0. The maximum atomic E-state index is 4.95. The zero-order valence-electron chi connectivity index (χ0n) is 13.1. The van der Waals surface area contributed by atoms with Gasteiger partial charge in [0.1, 0.15) is 0 Å². The summed E-state index contributed by atoms with van der Waals surface area (Å²) >= 11 is 0. The Balaban J connectivity index is 2.19. The third kappa shape index (κ3) is 2.77. The summed E-state index contributed by atoms with van der Waals surface area (Å²) < 4.78 is 0. The fourth-order valence-corrected chi connectivity index (χ4v) is 2.65. The highest BCUT2D eigenvalue weighted by Crippen LogP contribution is 2.27. The van der Waals surface area contributed by atoms with Gasteiger partial charge in [0.25, 0.3) is 0 Å². The fraction of sp³-hybridized carbons (Fsp3) is 0.200. The molecule has 0 N–H and O–H groups in total. The molecule has 2 nitrogen and oxygen atoms in total. The summed E-state index contributed by atoms with van der Waals surface area (Å²) in [6.45, 7) is 4.27. The van der Waals surface area contributed by atoms with Crippen LogP contribution in [0.5, 0.6) is 0 Å². The summed E-state index contributed by atoms with van der Waals surface area (Å²) in [4.78, 5) is 9.89. The van der Waals surface area contributed by atoms with Crippen molar-refractivity contribution in [3.05, 3.63) is 72.1 Å². The average molecular weight is 288 g/mol. The topological polar surface area (TPSA) is 25.8 Å². The first-order valence-corrected chi connectivity index (χ1v) is 7.84. The maximum Gasteiger partial charge on any atom is 0.0921 e. The van der Waals surface area contributed by atoms with E-state index in [0.29, 0.717) is 0 Å². The largest absolute Gasteiger partial charge is 0.249 e. The Morgan fingerprint density at radius 1 is 0.591 bits per heavy atom. The van der Waals surface area contributed by atoms with Crippen LogP contribution in [-0.2, 0) is 12.8 Å². The average Bonchev–Trinajstić information content (AvgIpc) is 2.62. The number of nitrogens with zero attached hydrogens (tertiary/aromatic N) is 2. The second-order valence-electron chi connectivity index (χ2n) is 5.25. The van der Waals surface area contributed by atoms with Crippen LogP contribution in [0.1, 0.15) is 25.2 Å². The van der Waals surface area contributed by atoms with Crippen molar-refractivity contribution in [3.8, 4) is 22.5 Å². The molecule has 1 heterocycles. The first-order valence-electron chi connectivity index (χ1n) is 7.84. The molecule has 0 aliphatic carbocycles. The molecule has 2 aromatic carbocycles. The van der Waals surface area contributed by atoms with E-state index in [1.54, 1.807) is 0 Å². The molecule has 0 saturated heterocycles. The molecule has 0 spiro atoms. The molecule has 3 aromatic rings. The van der Waals surface area contributed by atoms with E-state index in [1.165, 1.54) is 0 Å². The smallest absolute Gasteiger partial charge is 0.0921 e. The van der Waals surface area contributed by atoms with Gasteiger partial charge in [0.15, 0.2) is 0 Å². The van der Waals surface area contributed by atoms with Crippen molar-refractivity contribution in [2.75, 3.05) is 0 Å². The van der Waals surface area contributed by atoms with Gasteiger partial charge in [-0.2, -0.15) is 0 Å². The third-order valence-corrected chi connectivity index (χ3v) is 3.80. The molecule has 0 fully saturated rings. The van der Waals surface area contributed by atoms with Crippen molar-refractivity contribution in [1.29, 1.82) is 0 Å². The molecule has 0 bridgehead atoms. The molecule has 0 saturated carbocycles. The van der Waals surface area contributed by atoms with Crippen LogP contribution in [0.4, 0.5) is 0 Å². The highest BCUT2D eigenvalue weighted by molar-refractivity contribution is 5.67. The van der Waals surface area contributed by atoms with Gasteiger partial charge in [-0.05, 0) is 12.8 Å². The summed E-state index contributed by atoms with van der Waals surface area (Å²) in [6.07, 6.45) is 1.75. The van der Waals surface area contributed by atoms with Crippen LogP contribution >= 0.6 is 0 Å². The fourth-order valence-electron chi connectivity index (χ4n) is 2.65. The predicted octanol–water partition coefficient (Wildman–Crippen LogP) is 4.94. The lowest BCUT2D eigenvalue weighted by atomic mass is 10.0. The summed E-state index contributed by atoms with van der Waals surface area (Å²) in [5.41, 5.74) is 6.42. The molecule has 0 unspecified atom stereocenters. The lowest BCUT2D eigenvalue weighted by Gasteiger charge is -2.13. The molecule has 0 aliphatic heterocycles. The van der Waals surface area contributed by atoms with Crippen molar-refractivity contribution in [1.82, 2.24) is 9.97 Å². The Morgan fingerprint density at radius 2 is 0.955 bits per heavy atom. The van der Waals surface area contributed by atoms with E-state index in [2.05, 4.69) is 38.1 Å². The summed E-state index contributed by atoms with van der Waals surface area (Å²) in [5.74, 6) is 0. The molecule has 2 heteroatoms. The van der Waals surface area contributed by atoms with E-state index in [-0.39, 0.29) is 0 Å². The lowest BCUT2D eigenvalue weighted by molar-refractivity contribution is 0.949. The molecule has 3 rings (SSSR count). The summed E-state index contributed by atoms with van der Waals surface area (Å²) in [7, 11) is 0. The zero-order valence-corrected chi connectivity index (χ0v) is 13.1. The highest BCUT2D eigenvalue weighted by atomic mass is 14.8. The van der Waals surface area contributed by atoms with Crippen molar-refractivity contribution >= 4 is 0 Å². The number of rotatable bonds is 4. The normalized spacial score (nSPS) is 10.6. The van der Waals surface area contributed by atoms with Crippen LogP contribution in [0.3, 0.4) is 0 Å². The minimum absolute atomic E-state index is 0.876. The second-order valence-corrected chi connectivity index (χ2v) is 5.25. The Morgan fingerprint density at radius 3 is 1.27 bits per heavy atom. The molecule has 0 radical (unpaired) electrons. The van der Waals surface area contributed by atoms with E-state index in [0.717, 1.165) is 46.7 Å². The Kier molecular flexibility index (Phi) is 4.29. The van der Waals surface area contributed by atoms with Gasteiger partial charge in [0.05, 0.1) is 22.8 Å². The molecule has 0 amide bonds. The van der Waals surface area contributed by atoms with Crippen molar-refractivity contribution in [3.63, 3.8) is 0 Å². The number of hydrogen-bond donors (Lipinski definition) is 0. The van der Waals surface area contributed by atoms with Gasteiger partial charge in [-0.25, -0.2) is 9.97 Å². The van der Waals surface area contributed by atoms with Crippen LogP contribution in [-0.4, -0.2) is 9.97 Å². The van der Waals surface area contributed by atoms with Crippen LogP contribution in [0.2, 0.25) is 0 Å². The molecule has 1 aromatic heterocycles. The standard InChI is InChI=1S/C20H20N2/c1-3-17-19(15-11-7-5-8-12-15)22-18(4-2)20(21-17)16-13-9-6-10-14-16/h5-14H,3-4H2,1-2H3. The molecule has 110 valence electrons. The molecular formula is C20H20N2. The van der Waals surface area contributed by atoms with E-state index in [4.69, 9.17) is 9.97 Å². The summed E-state index contributed by atoms with van der Waals surface area (Å²) in [6, 6.07) is 20.7. The third-order valence-electron chi connectivity index (χ3n) is 3.80. The number of benzene rings is 2. The van der Waals surface area contributed by atoms with Gasteiger partial charge in [-0.3, -0.25) is 0 Å². The van der Waals surface area contributed by atoms with Gasteiger partial charge >= 0.3 is 0 Å². The lowest BCUT2D eigenvalue weighted by Crippen LogP contribution is -2.04. The SMILES string of the molecule is CCc1nc(-c2ccccc2)c(CC)nc1-c1ccccc1. The van der Waals surface area contributed by atoms with Crippen LogP contribution in [0.25, 0.3) is 22.5 Å². The quantitative estimate of drug-likeness (QED) is 0.680. The number of aryl methyl sites for hydroxylation is 2. The van der Waals surface area contributed by atoms with Gasteiger partial charge in [0.2, 0.25) is 0 Å². The van der Waals surface area contributed by atoms with Crippen LogP contribution in [0.15, 0.2) is 60.7 Å². The van der Waals surface area contributed by atoms with Crippen LogP contribution in [0, 0.1) is 0 Å². The van der Waals surface area contributed by atoms with Gasteiger partial charge in [0, 0.05) is 11.1 Å². The van der Waals surface area contributed by atoms with Crippen LogP contribution < -0.4 is 0 Å². The number of aromatic nitrogens is 2. The first-order chi connectivity index (χ1) is 10.8. The number of hydrogen-bond acceptors (Lipinski definition) is 2. The first kappa shape index (κ1) is 14.5. The second kappa shape index (κ2) is 6.52. The van der Waals surface area contributed by atoms with Gasteiger partial charge < -0.3 is 0 Å². The van der Waals surface area contributed by atoms with E-state index < -0.39 is 0 Å². The molecule has 0 atom stereocenters. The predicted molar refractivity (Wildman–Crippen MR) is 91.7 cm³/mol. The van der Waals surface area contributed by atoms with Crippen molar-refractivity contribution in [2.45, 2.75) is 26.7 Å². The molecular weight excluding hydrogens is 268 g/mol. The molecule has 0 aliphatic rings. The zero-order chi connectivity index (χ0) is 15.4. The van der Waals surface area contributed by atoms with E-state index in [9.17, 15) is 0 Å². The van der Waals surface area contributed by atoms with Gasteiger partial charge in [-0.1, -0.05) is 74.5 Å². The highest BCUT2D eigenvalue weighted by Gasteiger charge is 2.14. The molecule has 22 heavy (non-hydrogen) atoms. The van der Waals surface area contributed by atoms with Gasteiger partial charge in [-0.15, -0.1) is 0 Å². The monoisotopic (exact) mass is 288 g/mol. The van der Waals surface area contributed by atoms with Crippen molar-refractivity contribution < 1.29 is 0 Å². The maximum absolute atomic E-state index is 4.95. The Labute approximate surface area is 131 Å². The minimum atomic E-state index is 0.876. The van der Waals surface area contributed by atoms with E-state index in [1.807, 2.05) is 36.4 Å². The minimum Gasteiger partial charge on any atom is -0.249 e. The van der Waals surface area contributed by atoms with E-state index >= 15 is 0 Å².